The van der Waals surface area contributed by atoms with E-state index in [9.17, 15) is 10.4 Å². The molecule has 0 saturated carbocycles. The summed E-state index contributed by atoms with van der Waals surface area (Å²) in [6, 6.07) is 7.94. The molecule has 2 N–H and O–H groups in total. The quantitative estimate of drug-likeness (QED) is 0.853. The number of benzene rings is 1. The summed E-state index contributed by atoms with van der Waals surface area (Å²) in [6.07, 6.45) is 2.83. The van der Waals surface area contributed by atoms with Gasteiger partial charge < -0.3 is 15.3 Å². The molecule has 26 heavy (non-hydrogen) atoms. The molecule has 2 aromatic rings. The lowest BCUT2D eigenvalue weighted by Gasteiger charge is -2.32. The van der Waals surface area contributed by atoms with E-state index in [4.69, 9.17) is 0 Å². The van der Waals surface area contributed by atoms with Gasteiger partial charge in [0, 0.05) is 18.8 Å². The molecular formula is C19H24N6O. The van der Waals surface area contributed by atoms with Crippen molar-refractivity contribution in [1.29, 1.82) is 5.26 Å². The summed E-state index contributed by atoms with van der Waals surface area (Å²) in [5, 5.41) is 30.7. The number of piperidine rings is 1. The standard InChI is InChI=1S/C19H24N6O/c1-3-16-17(4-2)23-24-19(22-16)21-14-5-6-18(13(11-14)12-20)25-9-7-15(26)8-10-25/h5-6,11,15,26H,3-4,7-10H2,1-2H3,(H,21,22,24). The van der Waals surface area contributed by atoms with Crippen LogP contribution in [-0.4, -0.2) is 39.5 Å². The number of anilines is 3. The van der Waals surface area contributed by atoms with Crippen LogP contribution in [0.5, 0.6) is 0 Å². The largest absolute Gasteiger partial charge is 0.393 e. The van der Waals surface area contributed by atoms with Gasteiger partial charge in [0.1, 0.15) is 6.07 Å². The van der Waals surface area contributed by atoms with Gasteiger partial charge in [-0.2, -0.15) is 5.26 Å². The first-order valence-electron chi connectivity index (χ1n) is 9.11. The zero-order valence-electron chi connectivity index (χ0n) is 15.2. The third-order valence-corrected chi connectivity index (χ3v) is 4.69. The maximum atomic E-state index is 9.67. The molecule has 1 aromatic heterocycles. The SMILES string of the molecule is CCc1nnc(Nc2ccc(N3CCC(O)CC3)c(C#N)c2)nc1CC. The number of rotatable bonds is 5. The number of nitrogens with zero attached hydrogens (tertiary/aromatic N) is 5. The van der Waals surface area contributed by atoms with E-state index in [2.05, 4.69) is 31.5 Å². The van der Waals surface area contributed by atoms with E-state index < -0.39 is 0 Å². The molecule has 7 nitrogen and oxygen atoms in total. The molecule has 0 unspecified atom stereocenters. The fraction of sp³-hybridized carbons (Fsp3) is 0.474. The number of aromatic nitrogens is 3. The van der Waals surface area contributed by atoms with Crippen molar-refractivity contribution in [2.45, 2.75) is 45.6 Å². The summed E-state index contributed by atoms with van der Waals surface area (Å²) in [5.41, 5.74) is 4.11. The Bertz CT molecular complexity index is 808. The summed E-state index contributed by atoms with van der Waals surface area (Å²) < 4.78 is 0. The third kappa shape index (κ3) is 3.92. The predicted octanol–water partition coefficient (Wildman–Crippen LogP) is 2.57. The summed E-state index contributed by atoms with van der Waals surface area (Å²) in [6.45, 7) is 5.60. The molecule has 1 saturated heterocycles. The van der Waals surface area contributed by atoms with Gasteiger partial charge >= 0.3 is 0 Å². The fourth-order valence-electron chi connectivity index (χ4n) is 3.21. The second-order valence-corrected chi connectivity index (χ2v) is 6.42. The van der Waals surface area contributed by atoms with Gasteiger partial charge in [-0.25, -0.2) is 4.98 Å². The maximum Gasteiger partial charge on any atom is 0.247 e. The minimum Gasteiger partial charge on any atom is -0.393 e. The van der Waals surface area contributed by atoms with E-state index in [-0.39, 0.29) is 6.10 Å². The van der Waals surface area contributed by atoms with Crippen LogP contribution in [0, 0.1) is 11.3 Å². The lowest BCUT2D eigenvalue weighted by atomic mass is 10.1. The van der Waals surface area contributed by atoms with Crippen LogP contribution in [0.1, 0.15) is 43.6 Å². The molecule has 1 aliphatic heterocycles. The first kappa shape index (κ1) is 18.1. The normalized spacial score (nSPS) is 14.9. The molecule has 0 aliphatic carbocycles. The van der Waals surface area contributed by atoms with Crippen molar-refractivity contribution in [3.8, 4) is 6.07 Å². The molecule has 7 heteroatoms. The summed E-state index contributed by atoms with van der Waals surface area (Å²) in [7, 11) is 0. The second kappa shape index (κ2) is 8.11. The molecule has 1 aliphatic rings. The van der Waals surface area contributed by atoms with Gasteiger partial charge in [0.25, 0.3) is 0 Å². The molecule has 136 valence electrons. The predicted molar refractivity (Wildman–Crippen MR) is 100 cm³/mol. The Morgan fingerprint density at radius 3 is 2.58 bits per heavy atom. The van der Waals surface area contributed by atoms with Gasteiger partial charge in [-0.3, -0.25) is 0 Å². The van der Waals surface area contributed by atoms with Crippen molar-refractivity contribution in [1.82, 2.24) is 15.2 Å². The van der Waals surface area contributed by atoms with E-state index in [0.717, 1.165) is 61.5 Å². The summed E-state index contributed by atoms with van der Waals surface area (Å²) in [4.78, 5) is 6.68. The Balaban J connectivity index is 1.80. The second-order valence-electron chi connectivity index (χ2n) is 6.42. The van der Waals surface area contributed by atoms with Crippen LogP contribution < -0.4 is 10.2 Å². The van der Waals surface area contributed by atoms with Crippen molar-refractivity contribution >= 4 is 17.3 Å². The number of nitriles is 1. The van der Waals surface area contributed by atoms with Crippen LogP contribution in [0.25, 0.3) is 0 Å². The Kier molecular flexibility index (Phi) is 5.64. The monoisotopic (exact) mass is 352 g/mol. The van der Waals surface area contributed by atoms with E-state index >= 15 is 0 Å². The summed E-state index contributed by atoms with van der Waals surface area (Å²) in [5.74, 6) is 0.441. The molecule has 0 spiro atoms. The lowest BCUT2D eigenvalue weighted by Crippen LogP contribution is -2.36. The first-order chi connectivity index (χ1) is 12.6. The topological polar surface area (TPSA) is 98.0 Å². The first-order valence-corrected chi connectivity index (χ1v) is 9.11. The number of hydrogen-bond donors (Lipinski definition) is 2. The Morgan fingerprint density at radius 2 is 1.92 bits per heavy atom. The van der Waals surface area contributed by atoms with Gasteiger partial charge in [0.05, 0.1) is 28.7 Å². The zero-order valence-corrected chi connectivity index (χ0v) is 15.2. The minimum atomic E-state index is -0.235. The van der Waals surface area contributed by atoms with Crippen molar-refractivity contribution in [2.75, 3.05) is 23.3 Å². The molecule has 0 radical (unpaired) electrons. The van der Waals surface area contributed by atoms with Crippen molar-refractivity contribution in [2.24, 2.45) is 0 Å². The highest BCUT2D eigenvalue weighted by atomic mass is 16.3. The zero-order chi connectivity index (χ0) is 18.5. The van der Waals surface area contributed by atoms with Crippen LogP contribution in [0.15, 0.2) is 18.2 Å². The van der Waals surface area contributed by atoms with Gasteiger partial charge in [0.2, 0.25) is 5.95 Å². The van der Waals surface area contributed by atoms with Crippen molar-refractivity contribution < 1.29 is 5.11 Å². The molecular weight excluding hydrogens is 328 g/mol. The number of aliphatic hydroxyl groups is 1. The number of aryl methyl sites for hydroxylation is 2. The number of aliphatic hydroxyl groups excluding tert-OH is 1. The summed E-state index contributed by atoms with van der Waals surface area (Å²) >= 11 is 0. The smallest absolute Gasteiger partial charge is 0.247 e. The van der Waals surface area contributed by atoms with E-state index in [1.54, 1.807) is 0 Å². The van der Waals surface area contributed by atoms with Crippen LogP contribution >= 0.6 is 0 Å². The fourth-order valence-corrected chi connectivity index (χ4v) is 3.21. The molecule has 0 bridgehead atoms. The third-order valence-electron chi connectivity index (χ3n) is 4.69. The molecule has 3 rings (SSSR count). The number of hydrogen-bond acceptors (Lipinski definition) is 7. The Morgan fingerprint density at radius 1 is 1.19 bits per heavy atom. The van der Waals surface area contributed by atoms with Crippen LogP contribution in [0.2, 0.25) is 0 Å². The van der Waals surface area contributed by atoms with Crippen molar-refractivity contribution in [3.63, 3.8) is 0 Å². The van der Waals surface area contributed by atoms with Crippen LogP contribution in [0.4, 0.5) is 17.3 Å². The van der Waals surface area contributed by atoms with E-state index in [1.807, 2.05) is 32.0 Å². The Labute approximate surface area is 153 Å². The average Bonchev–Trinajstić information content (AvgIpc) is 2.68. The molecule has 1 aromatic carbocycles. The van der Waals surface area contributed by atoms with E-state index in [1.165, 1.54) is 0 Å². The molecule has 1 fully saturated rings. The van der Waals surface area contributed by atoms with Gasteiger partial charge in [-0.05, 0) is 43.9 Å². The highest BCUT2D eigenvalue weighted by molar-refractivity contribution is 5.67. The van der Waals surface area contributed by atoms with Gasteiger partial charge in [-0.1, -0.05) is 13.8 Å². The van der Waals surface area contributed by atoms with Gasteiger partial charge in [0.15, 0.2) is 0 Å². The number of nitrogens with one attached hydrogen (secondary N) is 1. The average molecular weight is 352 g/mol. The van der Waals surface area contributed by atoms with Crippen LogP contribution in [0.3, 0.4) is 0 Å². The lowest BCUT2D eigenvalue weighted by molar-refractivity contribution is 0.145. The molecule has 0 atom stereocenters. The van der Waals surface area contributed by atoms with Crippen LogP contribution in [-0.2, 0) is 12.8 Å². The van der Waals surface area contributed by atoms with Crippen molar-refractivity contribution in [3.05, 3.63) is 35.2 Å². The molecule has 0 amide bonds. The maximum absolute atomic E-state index is 9.67. The van der Waals surface area contributed by atoms with Gasteiger partial charge in [-0.15, -0.1) is 10.2 Å². The highest BCUT2D eigenvalue weighted by Gasteiger charge is 2.19. The Hall–Kier alpha value is -2.72. The minimum absolute atomic E-state index is 0.235. The molecule has 2 heterocycles. The van der Waals surface area contributed by atoms with E-state index in [0.29, 0.717) is 11.5 Å². The highest BCUT2D eigenvalue weighted by Crippen LogP contribution is 2.27.